The van der Waals surface area contributed by atoms with Crippen molar-refractivity contribution in [3.63, 3.8) is 0 Å². The Kier molecular flexibility index (Phi) is 6.89. The molecule has 0 spiro atoms. The highest BCUT2D eigenvalue weighted by molar-refractivity contribution is 5.86. The Hall–Kier alpha value is -2.24. The average Bonchev–Trinajstić information content (AvgIpc) is 3.36. The van der Waals surface area contributed by atoms with Crippen LogP contribution in [0.25, 0.3) is 0 Å². The van der Waals surface area contributed by atoms with Crippen LogP contribution < -0.4 is 15.4 Å². The van der Waals surface area contributed by atoms with E-state index in [0.717, 1.165) is 23.8 Å². The molecule has 0 saturated heterocycles. The molecule has 1 aromatic rings. The first-order valence-corrected chi connectivity index (χ1v) is 9.22. The van der Waals surface area contributed by atoms with Gasteiger partial charge in [-0.1, -0.05) is 18.2 Å². The van der Waals surface area contributed by atoms with Gasteiger partial charge in [-0.3, -0.25) is 9.79 Å². The van der Waals surface area contributed by atoms with Gasteiger partial charge in [0.05, 0.1) is 13.2 Å². The molecule has 6 heteroatoms. The van der Waals surface area contributed by atoms with Gasteiger partial charge in [-0.25, -0.2) is 0 Å². The third-order valence-corrected chi connectivity index (χ3v) is 4.05. The van der Waals surface area contributed by atoms with Gasteiger partial charge in [0.25, 0.3) is 0 Å². The van der Waals surface area contributed by atoms with Gasteiger partial charge < -0.3 is 20.3 Å². The first-order chi connectivity index (χ1) is 12.3. The van der Waals surface area contributed by atoms with Crippen molar-refractivity contribution in [1.82, 2.24) is 15.5 Å². The summed E-state index contributed by atoms with van der Waals surface area (Å²) in [6, 6.07) is 8.05. The molecule has 0 heterocycles. The van der Waals surface area contributed by atoms with Crippen molar-refractivity contribution in [3.8, 4) is 5.75 Å². The summed E-state index contributed by atoms with van der Waals surface area (Å²) in [7, 11) is 3.57. The molecule has 144 valence electrons. The van der Waals surface area contributed by atoms with Gasteiger partial charge in [-0.15, -0.1) is 0 Å². The highest BCUT2D eigenvalue weighted by Crippen LogP contribution is 2.30. The van der Waals surface area contributed by atoms with E-state index in [1.54, 1.807) is 7.05 Å². The smallest absolute Gasteiger partial charge is 0.240 e. The van der Waals surface area contributed by atoms with Crippen LogP contribution in [0.4, 0.5) is 0 Å². The molecule has 0 unspecified atom stereocenters. The van der Waals surface area contributed by atoms with Crippen molar-refractivity contribution < 1.29 is 9.53 Å². The van der Waals surface area contributed by atoms with E-state index in [4.69, 9.17) is 4.74 Å². The monoisotopic (exact) mass is 360 g/mol. The minimum absolute atomic E-state index is 0.0314. The second-order valence-corrected chi connectivity index (χ2v) is 7.92. The van der Waals surface area contributed by atoms with Gasteiger partial charge in [0, 0.05) is 31.7 Å². The number of likely N-dealkylation sites (N-methyl/N-ethyl adjacent to an activating group) is 1. The van der Waals surface area contributed by atoms with E-state index in [2.05, 4.69) is 21.7 Å². The van der Waals surface area contributed by atoms with E-state index < -0.39 is 0 Å². The lowest BCUT2D eigenvalue weighted by Crippen LogP contribution is -2.48. The third-order valence-electron chi connectivity index (χ3n) is 4.05. The Bertz CT molecular complexity index is 633. The maximum Gasteiger partial charge on any atom is 0.240 e. The quantitative estimate of drug-likeness (QED) is 0.579. The maximum absolute atomic E-state index is 12.1. The van der Waals surface area contributed by atoms with Gasteiger partial charge >= 0.3 is 0 Å². The van der Waals surface area contributed by atoms with Crippen LogP contribution in [0.1, 0.15) is 39.2 Å². The molecule has 1 amide bonds. The minimum atomic E-state index is -0.243. The summed E-state index contributed by atoms with van der Waals surface area (Å²) < 4.78 is 5.95. The van der Waals surface area contributed by atoms with E-state index >= 15 is 0 Å². The number of ether oxygens (including phenoxy) is 1. The fraction of sp³-hybridized carbons (Fsp3) is 0.600. The van der Waals surface area contributed by atoms with Crippen LogP contribution in [0, 0.1) is 5.92 Å². The molecule has 1 aliphatic rings. The molecule has 0 aromatic heterocycles. The highest BCUT2D eigenvalue weighted by Gasteiger charge is 2.22. The van der Waals surface area contributed by atoms with E-state index in [1.807, 2.05) is 50.9 Å². The Morgan fingerprint density at radius 2 is 2.00 bits per heavy atom. The van der Waals surface area contributed by atoms with Gasteiger partial charge in [-0.05, 0) is 45.6 Å². The van der Waals surface area contributed by atoms with Crippen molar-refractivity contribution in [2.75, 3.05) is 27.2 Å². The molecule has 0 bridgehead atoms. The van der Waals surface area contributed by atoms with E-state index in [0.29, 0.717) is 12.5 Å². The summed E-state index contributed by atoms with van der Waals surface area (Å²) in [6.45, 7) is 7.54. The second kappa shape index (κ2) is 8.92. The summed E-state index contributed by atoms with van der Waals surface area (Å²) in [4.78, 5) is 18.2. The van der Waals surface area contributed by atoms with Gasteiger partial charge in [0.15, 0.2) is 5.96 Å². The molecule has 0 radical (unpaired) electrons. The van der Waals surface area contributed by atoms with E-state index in [1.165, 1.54) is 12.8 Å². The summed E-state index contributed by atoms with van der Waals surface area (Å²) in [5, 5.41) is 6.27. The first kappa shape index (κ1) is 20.1. The van der Waals surface area contributed by atoms with Crippen molar-refractivity contribution in [1.29, 1.82) is 0 Å². The number of amides is 1. The lowest BCUT2D eigenvalue weighted by molar-refractivity contribution is -0.122. The van der Waals surface area contributed by atoms with Crippen LogP contribution in [0.15, 0.2) is 29.3 Å². The van der Waals surface area contributed by atoms with Crippen molar-refractivity contribution in [2.45, 2.75) is 45.7 Å². The maximum atomic E-state index is 12.1. The highest BCUT2D eigenvalue weighted by atomic mass is 16.5. The van der Waals surface area contributed by atoms with E-state index in [9.17, 15) is 4.79 Å². The summed E-state index contributed by atoms with van der Waals surface area (Å²) in [6.07, 6.45) is 2.54. The molecule has 1 saturated carbocycles. The number of benzene rings is 1. The average molecular weight is 361 g/mol. The molecule has 2 N–H and O–H groups in total. The Balaban J connectivity index is 1.88. The van der Waals surface area contributed by atoms with Crippen LogP contribution >= 0.6 is 0 Å². The van der Waals surface area contributed by atoms with Crippen LogP contribution in [0.3, 0.4) is 0 Å². The molecule has 1 aliphatic carbocycles. The number of guanidine groups is 1. The number of aliphatic imine (C=N–C) groups is 1. The molecule has 0 atom stereocenters. The molecule has 6 nitrogen and oxygen atoms in total. The van der Waals surface area contributed by atoms with Gasteiger partial charge in [-0.2, -0.15) is 0 Å². The number of carbonyl (C=O) groups excluding carboxylic acids is 1. The number of nitrogens with one attached hydrogen (secondary N) is 2. The molecule has 26 heavy (non-hydrogen) atoms. The second-order valence-electron chi connectivity index (χ2n) is 7.92. The molecular weight excluding hydrogens is 328 g/mol. The van der Waals surface area contributed by atoms with Gasteiger partial charge in [0.1, 0.15) is 5.75 Å². The standard InChI is InChI=1S/C20H32N4O2/c1-20(2,3)23-18(25)13-24(5)19(21-4)22-12-16-8-6-7-9-17(16)26-14-15-10-11-15/h6-9,15H,10-14H2,1-5H3,(H,21,22)(H,23,25). The summed E-state index contributed by atoms with van der Waals surface area (Å²) >= 11 is 0. The number of hydrogen-bond donors (Lipinski definition) is 2. The largest absolute Gasteiger partial charge is 0.493 e. The SMILES string of the molecule is CN=C(NCc1ccccc1OCC1CC1)N(C)CC(=O)NC(C)(C)C. The van der Waals surface area contributed by atoms with Crippen LogP contribution in [0.5, 0.6) is 5.75 Å². The number of hydrogen-bond acceptors (Lipinski definition) is 3. The predicted molar refractivity (Wildman–Crippen MR) is 105 cm³/mol. The number of nitrogens with zero attached hydrogens (tertiary/aromatic N) is 2. The number of rotatable bonds is 7. The topological polar surface area (TPSA) is 66.0 Å². The summed E-state index contributed by atoms with van der Waals surface area (Å²) in [5.74, 6) is 2.27. The number of carbonyl (C=O) groups is 1. The van der Waals surface area contributed by atoms with Crippen LogP contribution in [0.2, 0.25) is 0 Å². The zero-order valence-corrected chi connectivity index (χ0v) is 16.6. The molecule has 0 aliphatic heterocycles. The minimum Gasteiger partial charge on any atom is -0.493 e. The zero-order valence-electron chi connectivity index (χ0n) is 16.6. The van der Waals surface area contributed by atoms with Crippen molar-refractivity contribution >= 4 is 11.9 Å². The first-order valence-electron chi connectivity index (χ1n) is 9.22. The molecular formula is C20H32N4O2. The van der Waals surface area contributed by atoms with E-state index in [-0.39, 0.29) is 18.0 Å². The normalized spacial score (nSPS) is 14.7. The number of para-hydroxylation sites is 1. The Labute approximate surface area is 157 Å². The fourth-order valence-electron chi connectivity index (χ4n) is 2.59. The molecule has 2 rings (SSSR count). The lowest BCUT2D eigenvalue weighted by atomic mass is 10.1. The fourth-order valence-corrected chi connectivity index (χ4v) is 2.59. The third kappa shape index (κ3) is 6.94. The van der Waals surface area contributed by atoms with Crippen molar-refractivity contribution in [2.24, 2.45) is 10.9 Å². The Morgan fingerprint density at radius 3 is 2.62 bits per heavy atom. The van der Waals surface area contributed by atoms with Crippen molar-refractivity contribution in [3.05, 3.63) is 29.8 Å². The van der Waals surface area contributed by atoms with Crippen LogP contribution in [-0.2, 0) is 11.3 Å². The van der Waals surface area contributed by atoms with Crippen LogP contribution in [-0.4, -0.2) is 49.6 Å². The molecule has 1 fully saturated rings. The summed E-state index contributed by atoms with van der Waals surface area (Å²) in [5.41, 5.74) is 0.842. The predicted octanol–water partition coefficient (Wildman–Crippen LogP) is 2.40. The molecule has 1 aromatic carbocycles. The zero-order chi connectivity index (χ0) is 19.2. The Morgan fingerprint density at radius 1 is 1.31 bits per heavy atom. The lowest BCUT2D eigenvalue weighted by Gasteiger charge is -2.25. The van der Waals surface area contributed by atoms with Gasteiger partial charge in [0.2, 0.25) is 5.91 Å².